The Hall–Kier alpha value is -2.77. The van der Waals surface area contributed by atoms with E-state index in [2.05, 4.69) is 10.2 Å². The van der Waals surface area contributed by atoms with Crippen LogP contribution in [0.4, 0.5) is 5.69 Å². The molecule has 0 unspecified atom stereocenters. The number of aryl methyl sites for hydroxylation is 2. The first-order valence-corrected chi connectivity index (χ1v) is 5.37. The van der Waals surface area contributed by atoms with Gasteiger partial charge in [-0.3, -0.25) is 24.3 Å². The summed E-state index contributed by atoms with van der Waals surface area (Å²) in [5, 5.41) is 18.6. The Balaban J connectivity index is 2.25. The molecular formula is C11H11N5O3. The Morgan fingerprint density at radius 2 is 2.11 bits per heavy atom. The van der Waals surface area contributed by atoms with Gasteiger partial charge in [0.15, 0.2) is 0 Å². The molecule has 0 saturated carbocycles. The number of carbonyl (C=O) groups excluding carboxylic acids is 1. The lowest BCUT2D eigenvalue weighted by molar-refractivity contribution is -0.385. The van der Waals surface area contributed by atoms with Crippen LogP contribution >= 0.6 is 0 Å². The Labute approximate surface area is 108 Å². The molecule has 0 radical (unpaired) electrons. The lowest BCUT2D eigenvalue weighted by Gasteiger charge is -1.89. The van der Waals surface area contributed by atoms with Crippen LogP contribution in [0.1, 0.15) is 16.2 Å². The summed E-state index contributed by atoms with van der Waals surface area (Å²) in [4.78, 5) is 22.0. The standard InChI is InChI=1S/C11H11N5O3/c1-14-6-5-8(12-14)3-4-10(17)11-9(16(18)19)7-15(2)13-11/h3-7H,1-2H3/b4-3+. The van der Waals surface area contributed by atoms with Crippen LogP contribution in [0.3, 0.4) is 0 Å². The second-order valence-electron chi connectivity index (χ2n) is 3.91. The van der Waals surface area contributed by atoms with Gasteiger partial charge in [0.2, 0.25) is 11.5 Å². The molecule has 2 aromatic rings. The van der Waals surface area contributed by atoms with E-state index in [9.17, 15) is 14.9 Å². The Bertz CT molecular complexity index is 668. The van der Waals surface area contributed by atoms with Crippen LogP contribution in [0.15, 0.2) is 24.5 Å². The average Bonchev–Trinajstić information content (AvgIpc) is 2.92. The number of carbonyl (C=O) groups is 1. The molecule has 19 heavy (non-hydrogen) atoms. The zero-order valence-electron chi connectivity index (χ0n) is 10.3. The van der Waals surface area contributed by atoms with Crippen LogP contribution < -0.4 is 0 Å². The molecular weight excluding hydrogens is 250 g/mol. The highest BCUT2D eigenvalue weighted by atomic mass is 16.6. The van der Waals surface area contributed by atoms with Gasteiger partial charge in [-0.1, -0.05) is 0 Å². The molecule has 0 atom stereocenters. The van der Waals surface area contributed by atoms with Gasteiger partial charge in [0.25, 0.3) is 0 Å². The van der Waals surface area contributed by atoms with Crippen molar-refractivity contribution in [1.82, 2.24) is 19.6 Å². The molecule has 0 aliphatic rings. The maximum Gasteiger partial charge on any atom is 0.318 e. The van der Waals surface area contributed by atoms with E-state index in [0.29, 0.717) is 5.69 Å². The summed E-state index contributed by atoms with van der Waals surface area (Å²) in [6, 6.07) is 1.72. The number of nitro groups is 1. The van der Waals surface area contributed by atoms with Crippen molar-refractivity contribution in [2.24, 2.45) is 14.1 Å². The predicted octanol–water partition coefficient (Wildman–Crippen LogP) is 0.958. The molecule has 0 amide bonds. The van der Waals surface area contributed by atoms with Gasteiger partial charge in [-0.15, -0.1) is 0 Å². The molecule has 2 rings (SSSR count). The first kappa shape index (κ1) is 12.7. The third-order valence-electron chi connectivity index (χ3n) is 2.38. The number of hydrogen-bond acceptors (Lipinski definition) is 5. The maximum absolute atomic E-state index is 11.9. The van der Waals surface area contributed by atoms with Gasteiger partial charge in [-0.25, -0.2) is 0 Å². The summed E-state index contributed by atoms with van der Waals surface area (Å²) in [6.45, 7) is 0. The van der Waals surface area contributed by atoms with E-state index in [1.54, 1.807) is 24.0 Å². The number of ketones is 1. The molecule has 0 aromatic carbocycles. The summed E-state index contributed by atoms with van der Waals surface area (Å²) in [6.07, 6.45) is 5.63. The first-order chi connectivity index (χ1) is 8.97. The van der Waals surface area contributed by atoms with E-state index >= 15 is 0 Å². The van der Waals surface area contributed by atoms with Gasteiger partial charge >= 0.3 is 5.69 Å². The van der Waals surface area contributed by atoms with Gasteiger partial charge in [0.1, 0.15) is 6.20 Å². The average molecular weight is 261 g/mol. The van der Waals surface area contributed by atoms with Crippen molar-refractivity contribution in [2.75, 3.05) is 0 Å². The van der Waals surface area contributed by atoms with Crippen molar-refractivity contribution in [3.63, 3.8) is 0 Å². The smallest absolute Gasteiger partial charge is 0.287 e. The van der Waals surface area contributed by atoms with Crippen molar-refractivity contribution in [3.8, 4) is 0 Å². The fourth-order valence-corrected chi connectivity index (χ4v) is 1.55. The minimum Gasteiger partial charge on any atom is -0.287 e. The highest BCUT2D eigenvalue weighted by molar-refractivity contribution is 6.07. The van der Waals surface area contributed by atoms with Crippen molar-refractivity contribution in [2.45, 2.75) is 0 Å². The Morgan fingerprint density at radius 1 is 1.37 bits per heavy atom. The molecule has 0 fully saturated rings. The topological polar surface area (TPSA) is 95.8 Å². The molecule has 0 spiro atoms. The summed E-state index contributed by atoms with van der Waals surface area (Å²) in [5.41, 5.74) is 0.104. The van der Waals surface area contributed by atoms with E-state index in [0.717, 1.165) is 0 Å². The highest BCUT2D eigenvalue weighted by Crippen LogP contribution is 2.17. The van der Waals surface area contributed by atoms with Gasteiger partial charge in [0, 0.05) is 20.3 Å². The van der Waals surface area contributed by atoms with Gasteiger partial charge < -0.3 is 0 Å². The van der Waals surface area contributed by atoms with Gasteiger partial charge in [0.05, 0.1) is 10.6 Å². The first-order valence-electron chi connectivity index (χ1n) is 5.37. The number of nitrogens with zero attached hydrogens (tertiary/aromatic N) is 5. The van der Waals surface area contributed by atoms with E-state index in [1.165, 1.54) is 30.1 Å². The minimum atomic E-state index is -0.630. The van der Waals surface area contributed by atoms with E-state index < -0.39 is 10.7 Å². The molecule has 8 heteroatoms. The normalized spacial score (nSPS) is 11.1. The number of rotatable bonds is 4. The third kappa shape index (κ3) is 2.73. The van der Waals surface area contributed by atoms with Crippen LogP contribution in [0, 0.1) is 10.1 Å². The largest absolute Gasteiger partial charge is 0.318 e. The molecule has 2 aromatic heterocycles. The fourth-order valence-electron chi connectivity index (χ4n) is 1.55. The molecule has 8 nitrogen and oxygen atoms in total. The quantitative estimate of drug-likeness (QED) is 0.353. The van der Waals surface area contributed by atoms with Crippen LogP contribution in [-0.2, 0) is 14.1 Å². The SMILES string of the molecule is Cn1ccc(/C=C/C(=O)c2nn(C)cc2[N+](=O)[O-])n1. The summed E-state index contributed by atoms with van der Waals surface area (Å²) >= 11 is 0. The number of allylic oxidation sites excluding steroid dienone is 1. The third-order valence-corrected chi connectivity index (χ3v) is 2.38. The van der Waals surface area contributed by atoms with Gasteiger partial charge in [-0.2, -0.15) is 10.2 Å². The summed E-state index contributed by atoms with van der Waals surface area (Å²) < 4.78 is 2.83. The Morgan fingerprint density at radius 3 is 2.68 bits per heavy atom. The van der Waals surface area contributed by atoms with Crippen LogP contribution in [-0.4, -0.2) is 30.3 Å². The summed E-state index contributed by atoms with van der Waals surface area (Å²) in [7, 11) is 3.27. The fraction of sp³-hybridized carbons (Fsp3) is 0.182. The maximum atomic E-state index is 11.9. The van der Waals surface area contributed by atoms with E-state index in [1.807, 2.05) is 0 Å². The molecule has 0 N–H and O–H groups in total. The Kier molecular flexibility index (Phi) is 3.23. The highest BCUT2D eigenvalue weighted by Gasteiger charge is 2.22. The van der Waals surface area contributed by atoms with Crippen molar-refractivity contribution < 1.29 is 9.72 Å². The zero-order chi connectivity index (χ0) is 14.0. The van der Waals surface area contributed by atoms with Crippen molar-refractivity contribution in [3.05, 3.63) is 46.0 Å². The molecule has 0 bridgehead atoms. The van der Waals surface area contributed by atoms with Crippen LogP contribution in [0.2, 0.25) is 0 Å². The molecule has 0 aliphatic carbocycles. The monoisotopic (exact) mass is 261 g/mol. The molecule has 98 valence electrons. The van der Waals surface area contributed by atoms with E-state index in [-0.39, 0.29) is 11.4 Å². The van der Waals surface area contributed by atoms with Gasteiger partial charge in [-0.05, 0) is 18.2 Å². The predicted molar refractivity (Wildman–Crippen MR) is 66.4 cm³/mol. The molecule has 2 heterocycles. The van der Waals surface area contributed by atoms with E-state index in [4.69, 9.17) is 0 Å². The van der Waals surface area contributed by atoms with Crippen LogP contribution in [0.5, 0.6) is 0 Å². The second-order valence-corrected chi connectivity index (χ2v) is 3.91. The second kappa shape index (κ2) is 4.84. The lowest BCUT2D eigenvalue weighted by atomic mass is 10.2. The van der Waals surface area contributed by atoms with Crippen LogP contribution in [0.25, 0.3) is 6.08 Å². The lowest BCUT2D eigenvalue weighted by Crippen LogP contribution is -2.01. The molecule has 0 saturated heterocycles. The zero-order valence-corrected chi connectivity index (χ0v) is 10.3. The van der Waals surface area contributed by atoms with Crippen molar-refractivity contribution >= 4 is 17.5 Å². The van der Waals surface area contributed by atoms with Crippen molar-refractivity contribution in [1.29, 1.82) is 0 Å². The summed E-state index contributed by atoms with van der Waals surface area (Å²) in [5.74, 6) is -0.530. The number of aromatic nitrogens is 4. The molecule has 0 aliphatic heterocycles. The number of hydrogen-bond donors (Lipinski definition) is 0. The minimum absolute atomic E-state index is 0.181.